The molecule has 6 rings (SSSR count). The normalized spacial score (nSPS) is 16.4. The first-order valence-corrected chi connectivity index (χ1v) is 11.2. The van der Waals surface area contributed by atoms with Crippen molar-refractivity contribution in [2.24, 2.45) is 0 Å². The molecule has 0 spiro atoms. The second-order valence-corrected chi connectivity index (χ2v) is 8.58. The van der Waals surface area contributed by atoms with E-state index in [1.807, 2.05) is 33.7 Å². The van der Waals surface area contributed by atoms with Gasteiger partial charge in [0.1, 0.15) is 17.8 Å². The topological polar surface area (TPSA) is 100 Å². The van der Waals surface area contributed by atoms with Crippen LogP contribution in [0, 0.1) is 0 Å². The zero-order valence-electron chi connectivity index (χ0n) is 18.0. The van der Waals surface area contributed by atoms with Gasteiger partial charge in [-0.05, 0) is 36.1 Å². The van der Waals surface area contributed by atoms with Gasteiger partial charge in [-0.1, -0.05) is 24.3 Å². The van der Waals surface area contributed by atoms with E-state index in [2.05, 4.69) is 37.0 Å². The lowest BCUT2D eigenvalue weighted by molar-refractivity contribution is 0.0745. The third kappa shape index (κ3) is 3.45. The predicted octanol–water partition coefficient (Wildman–Crippen LogP) is 2.51. The van der Waals surface area contributed by atoms with E-state index in [-0.39, 0.29) is 17.6 Å². The molecule has 2 aliphatic heterocycles. The van der Waals surface area contributed by atoms with Crippen LogP contribution >= 0.6 is 0 Å². The molecule has 5 heterocycles. The molecule has 1 fully saturated rings. The second-order valence-electron chi connectivity index (χ2n) is 8.58. The van der Waals surface area contributed by atoms with Gasteiger partial charge in [-0.2, -0.15) is 0 Å². The summed E-state index contributed by atoms with van der Waals surface area (Å²) in [6.45, 7) is 2.69. The third-order valence-electron chi connectivity index (χ3n) is 6.64. The number of nitrogens with one attached hydrogen (secondary N) is 1. The molecule has 0 aliphatic carbocycles. The molecule has 33 heavy (non-hydrogen) atoms. The van der Waals surface area contributed by atoms with Crippen molar-refractivity contribution in [1.82, 2.24) is 29.4 Å². The molecule has 0 bridgehead atoms. The van der Waals surface area contributed by atoms with Crippen LogP contribution < -0.4 is 10.6 Å². The van der Waals surface area contributed by atoms with E-state index < -0.39 is 0 Å². The van der Waals surface area contributed by atoms with E-state index in [0.717, 1.165) is 37.3 Å². The Kier molecular flexibility index (Phi) is 4.67. The highest BCUT2D eigenvalue weighted by Gasteiger charge is 2.27. The molecule has 9 heteroatoms. The first kappa shape index (κ1) is 19.7. The van der Waals surface area contributed by atoms with Crippen molar-refractivity contribution >= 4 is 22.9 Å². The molecule has 1 N–H and O–H groups in total. The molecule has 0 unspecified atom stereocenters. The van der Waals surface area contributed by atoms with Gasteiger partial charge in [0.25, 0.3) is 5.91 Å². The smallest absolute Gasteiger partial charge is 0.327 e. The predicted molar refractivity (Wildman–Crippen MR) is 123 cm³/mol. The van der Waals surface area contributed by atoms with Gasteiger partial charge in [-0.15, -0.1) is 0 Å². The number of hydrogen-bond acceptors (Lipinski definition) is 6. The van der Waals surface area contributed by atoms with Crippen LogP contribution in [-0.4, -0.2) is 48.4 Å². The van der Waals surface area contributed by atoms with Crippen LogP contribution in [0.15, 0.2) is 59.8 Å². The quantitative estimate of drug-likeness (QED) is 0.524. The number of anilines is 1. The molecular formula is C24H23N7O2. The number of carbonyl (C=O) groups is 1. The van der Waals surface area contributed by atoms with Gasteiger partial charge in [-0.25, -0.2) is 19.7 Å². The van der Waals surface area contributed by atoms with Gasteiger partial charge in [-0.3, -0.25) is 14.3 Å². The van der Waals surface area contributed by atoms with Gasteiger partial charge >= 0.3 is 5.69 Å². The van der Waals surface area contributed by atoms with Crippen molar-refractivity contribution in [2.45, 2.75) is 32.0 Å². The Labute approximate surface area is 189 Å². The summed E-state index contributed by atoms with van der Waals surface area (Å²) >= 11 is 0. The number of amides is 1. The van der Waals surface area contributed by atoms with Crippen LogP contribution in [0.3, 0.4) is 0 Å². The largest absolute Gasteiger partial charge is 0.356 e. The summed E-state index contributed by atoms with van der Waals surface area (Å²) in [6, 6.07) is 13.8. The maximum absolute atomic E-state index is 13.1. The first-order chi connectivity index (χ1) is 16.2. The van der Waals surface area contributed by atoms with Crippen molar-refractivity contribution in [3.05, 3.63) is 82.3 Å². The van der Waals surface area contributed by atoms with E-state index in [4.69, 9.17) is 0 Å². The van der Waals surface area contributed by atoms with E-state index in [1.165, 1.54) is 17.5 Å². The highest BCUT2D eigenvalue weighted by atomic mass is 16.2. The highest BCUT2D eigenvalue weighted by Crippen LogP contribution is 2.28. The first-order valence-electron chi connectivity index (χ1n) is 11.2. The summed E-state index contributed by atoms with van der Waals surface area (Å²) in [5.74, 6) is 0.666. The number of aromatic amines is 1. The number of aromatic nitrogens is 5. The zero-order chi connectivity index (χ0) is 22.4. The molecule has 166 valence electrons. The summed E-state index contributed by atoms with van der Waals surface area (Å²) in [6.07, 6.45) is 4.75. The number of rotatable bonds is 3. The minimum Gasteiger partial charge on any atom is -0.356 e. The number of pyridine rings is 1. The van der Waals surface area contributed by atoms with E-state index in [1.54, 1.807) is 12.3 Å². The van der Waals surface area contributed by atoms with Crippen LogP contribution in [0.4, 0.5) is 5.82 Å². The number of H-pyrrole nitrogens is 1. The highest BCUT2D eigenvalue weighted by molar-refractivity contribution is 5.93. The molecule has 4 aromatic rings. The SMILES string of the molecule is O=C(c1cc(N2CCC(n3c(=O)[nH]c4ncccc43)CC2)ncn1)N1Cc2ccccc2C1. The molecule has 0 radical (unpaired) electrons. The van der Waals surface area contributed by atoms with Crippen LogP contribution in [0.1, 0.15) is 40.5 Å². The molecule has 9 nitrogen and oxygen atoms in total. The average molecular weight is 441 g/mol. The fraction of sp³-hybridized carbons (Fsp3) is 0.292. The Morgan fingerprint density at radius 2 is 1.73 bits per heavy atom. The standard InChI is InChI=1S/C24H23N7O2/c32-23(30-13-16-4-1-2-5-17(16)14-30)19-12-21(27-15-26-19)29-10-7-18(8-11-29)31-20-6-3-9-25-22(20)28-24(31)33/h1-6,9,12,15,18H,7-8,10-11,13-14H2,(H,25,28,33). The summed E-state index contributed by atoms with van der Waals surface area (Å²) in [4.78, 5) is 45.4. The van der Waals surface area contributed by atoms with Crippen molar-refractivity contribution in [3.8, 4) is 0 Å². The van der Waals surface area contributed by atoms with E-state index >= 15 is 0 Å². The lowest BCUT2D eigenvalue weighted by atomic mass is 10.0. The van der Waals surface area contributed by atoms with Crippen LogP contribution in [-0.2, 0) is 13.1 Å². The average Bonchev–Trinajstić information content (AvgIpc) is 3.44. The molecule has 0 saturated carbocycles. The molecule has 0 atom stereocenters. The Bertz CT molecular complexity index is 1380. The Morgan fingerprint density at radius 3 is 2.48 bits per heavy atom. The third-order valence-corrected chi connectivity index (χ3v) is 6.64. The molecule has 3 aromatic heterocycles. The van der Waals surface area contributed by atoms with Crippen molar-refractivity contribution in [3.63, 3.8) is 0 Å². The second kappa shape index (κ2) is 7.84. The van der Waals surface area contributed by atoms with Gasteiger partial charge in [0, 0.05) is 44.5 Å². The number of benzene rings is 1. The summed E-state index contributed by atoms with van der Waals surface area (Å²) in [5, 5.41) is 0. The van der Waals surface area contributed by atoms with Crippen LogP contribution in [0.2, 0.25) is 0 Å². The zero-order valence-corrected chi connectivity index (χ0v) is 18.0. The summed E-state index contributed by atoms with van der Waals surface area (Å²) in [5.41, 5.74) is 4.11. The minimum absolute atomic E-state index is 0.0809. The maximum Gasteiger partial charge on any atom is 0.327 e. The number of carbonyl (C=O) groups excluding carboxylic acids is 1. The van der Waals surface area contributed by atoms with E-state index in [0.29, 0.717) is 24.4 Å². The minimum atomic E-state index is -0.122. The molecule has 1 saturated heterocycles. The van der Waals surface area contributed by atoms with Gasteiger partial charge < -0.3 is 9.80 Å². The van der Waals surface area contributed by atoms with Crippen molar-refractivity contribution < 1.29 is 4.79 Å². The number of hydrogen-bond donors (Lipinski definition) is 1. The summed E-state index contributed by atoms with van der Waals surface area (Å²) < 4.78 is 1.82. The molecular weight excluding hydrogens is 418 g/mol. The fourth-order valence-corrected chi connectivity index (χ4v) is 4.95. The lowest BCUT2D eigenvalue weighted by Gasteiger charge is -2.33. The lowest BCUT2D eigenvalue weighted by Crippen LogP contribution is -2.37. The van der Waals surface area contributed by atoms with Crippen LogP contribution in [0.25, 0.3) is 11.2 Å². The Balaban J connectivity index is 1.17. The van der Waals surface area contributed by atoms with Crippen LogP contribution in [0.5, 0.6) is 0 Å². The Morgan fingerprint density at radius 1 is 0.970 bits per heavy atom. The number of piperidine rings is 1. The maximum atomic E-state index is 13.1. The van der Waals surface area contributed by atoms with E-state index in [9.17, 15) is 9.59 Å². The molecule has 1 aromatic carbocycles. The number of imidazole rings is 1. The van der Waals surface area contributed by atoms with Gasteiger partial charge in [0.05, 0.1) is 5.52 Å². The molecule has 2 aliphatic rings. The Hall–Kier alpha value is -4.01. The summed E-state index contributed by atoms with van der Waals surface area (Å²) in [7, 11) is 0. The monoisotopic (exact) mass is 441 g/mol. The molecule has 1 amide bonds. The van der Waals surface area contributed by atoms with Crippen molar-refractivity contribution in [1.29, 1.82) is 0 Å². The fourth-order valence-electron chi connectivity index (χ4n) is 4.95. The van der Waals surface area contributed by atoms with Crippen molar-refractivity contribution in [2.75, 3.05) is 18.0 Å². The van der Waals surface area contributed by atoms with Gasteiger partial charge in [0.15, 0.2) is 5.65 Å². The number of nitrogens with zero attached hydrogens (tertiary/aromatic N) is 6. The van der Waals surface area contributed by atoms with Gasteiger partial charge in [0.2, 0.25) is 0 Å². The number of fused-ring (bicyclic) bond motifs is 2.